The number of allylic oxidation sites excluding steroid dienone is 1. The Kier molecular flexibility index (Phi) is 8.00. The topological polar surface area (TPSA) is 50.8 Å². The van der Waals surface area contributed by atoms with Crippen LogP contribution in [0.2, 0.25) is 0 Å². The van der Waals surface area contributed by atoms with E-state index in [1.54, 1.807) is 19.2 Å². The summed E-state index contributed by atoms with van der Waals surface area (Å²) in [6.45, 7) is 3.95. The summed E-state index contributed by atoms with van der Waals surface area (Å²) in [5.74, 6) is -0.744. The Morgan fingerprint density at radius 1 is 1.13 bits per heavy atom. The molecule has 0 bridgehead atoms. The van der Waals surface area contributed by atoms with E-state index in [-0.39, 0.29) is 18.6 Å². The van der Waals surface area contributed by atoms with Crippen molar-refractivity contribution in [3.63, 3.8) is 0 Å². The Morgan fingerprint density at radius 3 is 2.58 bits per heavy atom. The third kappa shape index (κ3) is 6.52. The maximum atomic E-state index is 13.4. The highest BCUT2D eigenvalue weighted by molar-refractivity contribution is 5.78. The molecule has 0 spiro atoms. The summed E-state index contributed by atoms with van der Waals surface area (Å²) < 4.78 is 37.4. The number of methoxy groups -OCH3 is 1. The van der Waals surface area contributed by atoms with Gasteiger partial charge in [0, 0.05) is 25.7 Å². The van der Waals surface area contributed by atoms with Gasteiger partial charge in [-0.15, -0.1) is 0 Å². The van der Waals surface area contributed by atoms with Crippen molar-refractivity contribution in [2.24, 2.45) is 0 Å². The first kappa shape index (κ1) is 22.7. The van der Waals surface area contributed by atoms with Gasteiger partial charge in [-0.3, -0.25) is 9.69 Å². The lowest BCUT2D eigenvalue weighted by molar-refractivity contribution is -0.124. The molecule has 0 radical (unpaired) electrons. The van der Waals surface area contributed by atoms with E-state index in [2.05, 4.69) is 10.2 Å². The molecule has 1 N–H and O–H groups in total. The highest BCUT2D eigenvalue weighted by Gasteiger charge is 2.21. The van der Waals surface area contributed by atoms with Gasteiger partial charge in [0.25, 0.3) is 5.91 Å². The Balaban J connectivity index is 1.43. The second kappa shape index (κ2) is 10.9. The number of ether oxygens (including phenoxy) is 2. The Morgan fingerprint density at radius 2 is 1.90 bits per heavy atom. The molecule has 0 atom stereocenters. The average Bonchev–Trinajstić information content (AvgIpc) is 2.77. The zero-order valence-corrected chi connectivity index (χ0v) is 17.9. The van der Waals surface area contributed by atoms with Gasteiger partial charge in [-0.05, 0) is 55.2 Å². The molecule has 1 saturated heterocycles. The number of benzene rings is 2. The summed E-state index contributed by atoms with van der Waals surface area (Å²) in [6.07, 6.45) is 5.47. The number of piperidine rings is 1. The zero-order valence-electron chi connectivity index (χ0n) is 17.9. The van der Waals surface area contributed by atoms with Crippen molar-refractivity contribution in [1.82, 2.24) is 10.2 Å². The molecule has 2 aromatic rings. The van der Waals surface area contributed by atoms with E-state index in [9.17, 15) is 13.6 Å². The molecule has 0 aromatic heterocycles. The Hall–Kier alpha value is -2.93. The molecule has 1 aliphatic heterocycles. The van der Waals surface area contributed by atoms with Crippen molar-refractivity contribution < 1.29 is 23.0 Å². The second-order valence-electron chi connectivity index (χ2n) is 7.57. The van der Waals surface area contributed by atoms with Crippen molar-refractivity contribution in [2.75, 3.05) is 26.8 Å². The number of nitrogens with one attached hydrogen (secondary N) is 1. The van der Waals surface area contributed by atoms with Crippen LogP contribution in [0.25, 0.3) is 6.08 Å². The summed E-state index contributed by atoms with van der Waals surface area (Å²) in [7, 11) is 1.57. The molecule has 166 valence electrons. The van der Waals surface area contributed by atoms with Crippen LogP contribution in [0.4, 0.5) is 8.78 Å². The molecule has 1 amide bonds. The predicted octanol–water partition coefficient (Wildman–Crippen LogP) is 4.17. The molecule has 0 unspecified atom stereocenters. The molecule has 0 aliphatic carbocycles. The SMILES string of the molecule is CC=Cc1ccc(OCC(=O)NC2CCN(Cc3ccc(F)c(F)c3)CC2)c(OC)c1. The summed E-state index contributed by atoms with van der Waals surface area (Å²) in [4.78, 5) is 14.5. The fourth-order valence-electron chi connectivity index (χ4n) is 3.64. The minimum Gasteiger partial charge on any atom is -0.493 e. The lowest BCUT2D eigenvalue weighted by Gasteiger charge is -2.32. The molecule has 1 fully saturated rings. The van der Waals surface area contributed by atoms with Crippen molar-refractivity contribution in [3.8, 4) is 11.5 Å². The minimum atomic E-state index is -0.834. The van der Waals surface area contributed by atoms with E-state index in [0.717, 1.165) is 43.1 Å². The number of hydrogen-bond acceptors (Lipinski definition) is 4. The smallest absolute Gasteiger partial charge is 0.258 e. The predicted molar refractivity (Wildman–Crippen MR) is 116 cm³/mol. The zero-order chi connectivity index (χ0) is 22.2. The van der Waals surface area contributed by atoms with Gasteiger partial charge in [-0.2, -0.15) is 0 Å². The number of carbonyl (C=O) groups excluding carboxylic acids is 1. The van der Waals surface area contributed by atoms with Crippen LogP contribution in [-0.4, -0.2) is 43.7 Å². The average molecular weight is 430 g/mol. The van der Waals surface area contributed by atoms with E-state index in [1.807, 2.05) is 31.2 Å². The lowest BCUT2D eigenvalue weighted by Crippen LogP contribution is -2.45. The van der Waals surface area contributed by atoms with Crippen molar-refractivity contribution in [3.05, 3.63) is 65.2 Å². The first-order valence-electron chi connectivity index (χ1n) is 10.4. The number of amides is 1. The van der Waals surface area contributed by atoms with Crippen LogP contribution in [0.3, 0.4) is 0 Å². The second-order valence-corrected chi connectivity index (χ2v) is 7.57. The first-order valence-corrected chi connectivity index (χ1v) is 10.4. The van der Waals surface area contributed by atoms with Gasteiger partial charge in [0.2, 0.25) is 0 Å². The molecule has 31 heavy (non-hydrogen) atoms. The van der Waals surface area contributed by atoms with E-state index in [1.165, 1.54) is 6.07 Å². The maximum absolute atomic E-state index is 13.4. The normalized spacial score (nSPS) is 15.2. The maximum Gasteiger partial charge on any atom is 0.258 e. The van der Waals surface area contributed by atoms with Gasteiger partial charge in [0.1, 0.15) is 0 Å². The van der Waals surface area contributed by atoms with Crippen molar-refractivity contribution >= 4 is 12.0 Å². The number of hydrogen-bond donors (Lipinski definition) is 1. The van der Waals surface area contributed by atoms with Crippen LogP contribution >= 0.6 is 0 Å². The van der Waals surface area contributed by atoms with Gasteiger partial charge in [-0.25, -0.2) is 8.78 Å². The third-order valence-corrected chi connectivity index (χ3v) is 5.25. The van der Waals surface area contributed by atoms with Crippen LogP contribution < -0.4 is 14.8 Å². The van der Waals surface area contributed by atoms with Gasteiger partial charge < -0.3 is 14.8 Å². The fourth-order valence-corrected chi connectivity index (χ4v) is 3.64. The molecule has 7 heteroatoms. The van der Waals surface area contributed by atoms with Crippen LogP contribution in [0.1, 0.15) is 30.9 Å². The molecule has 0 saturated carbocycles. The van der Waals surface area contributed by atoms with E-state index >= 15 is 0 Å². The number of likely N-dealkylation sites (tertiary alicyclic amines) is 1. The Bertz CT molecular complexity index is 925. The number of carbonyl (C=O) groups is 1. The van der Waals surface area contributed by atoms with Gasteiger partial charge in [0.15, 0.2) is 29.7 Å². The van der Waals surface area contributed by atoms with Crippen molar-refractivity contribution in [1.29, 1.82) is 0 Å². The summed E-state index contributed by atoms with van der Waals surface area (Å²) >= 11 is 0. The van der Waals surface area contributed by atoms with E-state index in [4.69, 9.17) is 9.47 Å². The summed E-state index contributed by atoms with van der Waals surface area (Å²) in [5.41, 5.74) is 1.73. The van der Waals surface area contributed by atoms with E-state index in [0.29, 0.717) is 18.0 Å². The van der Waals surface area contributed by atoms with Gasteiger partial charge in [0.05, 0.1) is 7.11 Å². The standard InChI is InChI=1S/C24H28F2N2O3/c1-3-4-17-6-8-22(23(14-17)30-2)31-16-24(29)27-19-9-11-28(12-10-19)15-18-5-7-20(25)21(26)13-18/h3-8,13-14,19H,9-12,15-16H2,1-2H3,(H,27,29). The highest BCUT2D eigenvalue weighted by Crippen LogP contribution is 2.28. The third-order valence-electron chi connectivity index (χ3n) is 5.25. The monoisotopic (exact) mass is 430 g/mol. The van der Waals surface area contributed by atoms with Crippen LogP contribution in [-0.2, 0) is 11.3 Å². The van der Waals surface area contributed by atoms with Crippen molar-refractivity contribution in [2.45, 2.75) is 32.4 Å². The first-order chi connectivity index (χ1) is 15.0. The molecule has 1 aliphatic rings. The largest absolute Gasteiger partial charge is 0.493 e. The molecular weight excluding hydrogens is 402 g/mol. The number of rotatable bonds is 8. The molecular formula is C24H28F2N2O3. The fraction of sp³-hybridized carbons (Fsp3) is 0.375. The number of nitrogens with zero attached hydrogens (tertiary/aromatic N) is 1. The summed E-state index contributed by atoms with van der Waals surface area (Å²) in [6, 6.07) is 9.60. The van der Waals surface area contributed by atoms with Gasteiger partial charge >= 0.3 is 0 Å². The minimum absolute atomic E-state index is 0.0660. The molecule has 3 rings (SSSR count). The number of halogens is 2. The van der Waals surface area contributed by atoms with Crippen LogP contribution in [0.5, 0.6) is 11.5 Å². The van der Waals surface area contributed by atoms with Crippen LogP contribution in [0.15, 0.2) is 42.5 Å². The molecule has 5 nitrogen and oxygen atoms in total. The summed E-state index contributed by atoms with van der Waals surface area (Å²) in [5, 5.41) is 3.01. The lowest BCUT2D eigenvalue weighted by atomic mass is 10.0. The van der Waals surface area contributed by atoms with E-state index < -0.39 is 11.6 Å². The van der Waals surface area contributed by atoms with Crippen LogP contribution in [0, 0.1) is 11.6 Å². The Labute approximate surface area is 181 Å². The molecule has 1 heterocycles. The highest BCUT2D eigenvalue weighted by atomic mass is 19.2. The van der Waals surface area contributed by atoms with Gasteiger partial charge in [-0.1, -0.05) is 24.3 Å². The quantitative estimate of drug-likeness (QED) is 0.683. The molecule has 2 aromatic carbocycles.